The molecular weight excluding hydrogens is 248 g/mol. The first-order valence-corrected chi connectivity index (χ1v) is 6.67. The van der Waals surface area contributed by atoms with Gasteiger partial charge in [-0.05, 0) is 24.3 Å². The molecule has 0 saturated carbocycles. The Hall–Kier alpha value is -1.78. The van der Waals surface area contributed by atoms with Crippen LogP contribution in [-0.4, -0.2) is 15.6 Å². The van der Waals surface area contributed by atoms with E-state index in [4.69, 9.17) is 5.11 Å². The molecule has 3 nitrogen and oxygen atoms in total. The molecule has 4 heteroatoms. The van der Waals surface area contributed by atoms with E-state index in [-0.39, 0.29) is 5.56 Å². The van der Waals surface area contributed by atoms with Crippen LogP contribution in [-0.2, 0) is 17.6 Å². The molecule has 0 aliphatic carbocycles. The molecule has 1 aliphatic heterocycles. The van der Waals surface area contributed by atoms with Crippen LogP contribution in [0.1, 0.15) is 21.5 Å². The summed E-state index contributed by atoms with van der Waals surface area (Å²) in [5.41, 5.74) is 2.09. The zero-order chi connectivity index (χ0) is 12.7. The van der Waals surface area contributed by atoms with E-state index < -0.39 is 17.1 Å². The second kappa shape index (κ2) is 4.15. The Balaban J connectivity index is 2.13. The molecule has 0 amide bonds. The highest BCUT2D eigenvalue weighted by Crippen LogP contribution is 2.34. The van der Waals surface area contributed by atoms with E-state index in [9.17, 15) is 9.35 Å². The number of aromatic carboxylic acids is 1. The third kappa shape index (κ3) is 1.70. The van der Waals surface area contributed by atoms with Gasteiger partial charge in [-0.1, -0.05) is 18.2 Å². The van der Waals surface area contributed by atoms with Crippen molar-refractivity contribution in [3.8, 4) is 0 Å². The summed E-state index contributed by atoms with van der Waals surface area (Å²) >= 11 is -1.20. The molecule has 1 heterocycles. The van der Waals surface area contributed by atoms with E-state index in [1.165, 1.54) is 6.07 Å². The lowest BCUT2D eigenvalue weighted by Gasteiger charge is -2.21. The molecule has 0 saturated heterocycles. The summed E-state index contributed by atoms with van der Waals surface area (Å²) in [7, 11) is 0. The maximum atomic E-state index is 12.4. The van der Waals surface area contributed by atoms with Crippen molar-refractivity contribution in [1.82, 2.24) is 0 Å². The fourth-order valence-electron chi connectivity index (χ4n) is 2.19. The second-order valence-corrected chi connectivity index (χ2v) is 5.60. The number of carboxylic acids is 1. The van der Waals surface area contributed by atoms with Crippen molar-refractivity contribution in [2.24, 2.45) is 0 Å². The van der Waals surface area contributed by atoms with Gasteiger partial charge in [-0.2, -0.15) is 0 Å². The van der Waals surface area contributed by atoms with Gasteiger partial charge in [0.1, 0.15) is 0 Å². The number of hydrogen-bond acceptors (Lipinski definition) is 2. The SMILES string of the molecule is O=C(O)c1ccc2c(c1)Cc1ccccc1[S+]2[O-]. The van der Waals surface area contributed by atoms with Gasteiger partial charge in [0.25, 0.3) is 0 Å². The fraction of sp³-hybridized carbons (Fsp3) is 0.0714. The Morgan fingerprint density at radius 2 is 1.83 bits per heavy atom. The predicted molar refractivity (Wildman–Crippen MR) is 67.3 cm³/mol. The molecule has 1 aliphatic rings. The number of hydrogen-bond donors (Lipinski definition) is 1. The van der Waals surface area contributed by atoms with Gasteiger partial charge >= 0.3 is 5.97 Å². The van der Waals surface area contributed by atoms with Crippen LogP contribution in [0.2, 0.25) is 0 Å². The first kappa shape index (κ1) is 11.3. The number of rotatable bonds is 1. The Morgan fingerprint density at radius 1 is 1.11 bits per heavy atom. The summed E-state index contributed by atoms with van der Waals surface area (Å²) in [6.07, 6.45) is 0.637. The molecule has 3 rings (SSSR count). The number of fused-ring (bicyclic) bond motifs is 2. The second-order valence-electron chi connectivity index (χ2n) is 4.18. The standard InChI is InChI=1S/C14H10O3S/c15-14(16)10-5-6-13-11(8-10)7-9-3-1-2-4-12(9)18(13)17/h1-6,8H,7H2,(H,15,16). The summed E-state index contributed by atoms with van der Waals surface area (Å²) < 4.78 is 12.4. The van der Waals surface area contributed by atoms with Crippen LogP contribution in [0.25, 0.3) is 0 Å². The molecule has 1 unspecified atom stereocenters. The molecule has 2 aromatic rings. The van der Waals surface area contributed by atoms with Crippen LogP contribution in [0.4, 0.5) is 0 Å². The minimum atomic E-state index is -1.20. The number of carboxylic acid groups (broad SMARTS) is 1. The van der Waals surface area contributed by atoms with Crippen LogP contribution in [0.15, 0.2) is 52.3 Å². The average molecular weight is 258 g/mol. The first-order valence-electron chi connectivity index (χ1n) is 5.53. The minimum Gasteiger partial charge on any atom is -0.606 e. The van der Waals surface area contributed by atoms with E-state index in [1.54, 1.807) is 12.1 Å². The molecule has 0 bridgehead atoms. The van der Waals surface area contributed by atoms with Crippen molar-refractivity contribution in [2.75, 3.05) is 0 Å². The van der Waals surface area contributed by atoms with E-state index in [1.807, 2.05) is 24.3 Å². The van der Waals surface area contributed by atoms with Gasteiger partial charge in [0.15, 0.2) is 9.79 Å². The predicted octanol–water partition coefficient (Wildman–Crippen LogP) is 2.46. The highest BCUT2D eigenvalue weighted by molar-refractivity contribution is 7.91. The largest absolute Gasteiger partial charge is 0.606 e. The van der Waals surface area contributed by atoms with Crippen LogP contribution in [0.3, 0.4) is 0 Å². The Bertz CT molecular complexity index is 637. The van der Waals surface area contributed by atoms with Crippen molar-refractivity contribution in [2.45, 2.75) is 16.2 Å². The molecule has 2 aromatic carbocycles. The van der Waals surface area contributed by atoms with Crippen molar-refractivity contribution in [3.63, 3.8) is 0 Å². The van der Waals surface area contributed by atoms with Gasteiger partial charge < -0.3 is 9.66 Å². The smallest absolute Gasteiger partial charge is 0.335 e. The monoisotopic (exact) mass is 258 g/mol. The van der Waals surface area contributed by atoms with E-state index in [0.29, 0.717) is 6.42 Å². The summed E-state index contributed by atoms with van der Waals surface area (Å²) in [4.78, 5) is 12.5. The third-order valence-electron chi connectivity index (χ3n) is 3.06. The molecule has 0 radical (unpaired) electrons. The maximum absolute atomic E-state index is 12.4. The zero-order valence-electron chi connectivity index (χ0n) is 9.42. The molecule has 0 aromatic heterocycles. The van der Waals surface area contributed by atoms with Gasteiger partial charge in [0.05, 0.1) is 5.56 Å². The van der Waals surface area contributed by atoms with Crippen molar-refractivity contribution >= 4 is 17.1 Å². The Kier molecular flexibility index (Phi) is 2.61. The molecule has 0 spiro atoms. The number of benzene rings is 2. The third-order valence-corrected chi connectivity index (χ3v) is 4.66. The van der Waals surface area contributed by atoms with E-state index >= 15 is 0 Å². The lowest BCUT2D eigenvalue weighted by Crippen LogP contribution is -2.15. The Morgan fingerprint density at radius 3 is 2.61 bits per heavy atom. The van der Waals surface area contributed by atoms with Crippen LogP contribution < -0.4 is 0 Å². The topological polar surface area (TPSA) is 60.4 Å². The number of carbonyl (C=O) groups is 1. The van der Waals surface area contributed by atoms with Gasteiger partial charge in [-0.15, -0.1) is 0 Å². The summed E-state index contributed by atoms with van der Waals surface area (Å²) in [5, 5.41) is 8.97. The molecule has 0 fully saturated rings. The molecule has 18 heavy (non-hydrogen) atoms. The molecule has 1 N–H and O–H groups in total. The van der Waals surface area contributed by atoms with Crippen LogP contribution in [0.5, 0.6) is 0 Å². The lowest BCUT2D eigenvalue weighted by molar-refractivity contribution is 0.0696. The molecular formula is C14H10O3S. The minimum absolute atomic E-state index is 0.241. The average Bonchev–Trinajstić information content (AvgIpc) is 2.38. The summed E-state index contributed by atoms with van der Waals surface area (Å²) in [5.74, 6) is -0.956. The normalized spacial score (nSPS) is 16.8. The zero-order valence-corrected chi connectivity index (χ0v) is 10.2. The first-order chi connectivity index (χ1) is 8.66. The van der Waals surface area contributed by atoms with Crippen molar-refractivity contribution < 1.29 is 14.5 Å². The molecule has 90 valence electrons. The van der Waals surface area contributed by atoms with E-state index in [0.717, 1.165) is 20.9 Å². The fourth-order valence-corrected chi connectivity index (χ4v) is 3.56. The highest BCUT2D eigenvalue weighted by atomic mass is 32.2. The summed E-state index contributed by atoms with van der Waals surface area (Å²) in [6, 6.07) is 12.3. The van der Waals surface area contributed by atoms with Gasteiger partial charge in [0, 0.05) is 28.7 Å². The van der Waals surface area contributed by atoms with Gasteiger partial charge in [-0.25, -0.2) is 4.79 Å². The highest BCUT2D eigenvalue weighted by Gasteiger charge is 2.28. The van der Waals surface area contributed by atoms with Gasteiger partial charge in [-0.3, -0.25) is 0 Å². The molecule has 1 atom stereocenters. The van der Waals surface area contributed by atoms with Crippen molar-refractivity contribution in [3.05, 3.63) is 59.2 Å². The lowest BCUT2D eigenvalue weighted by atomic mass is 10.0. The van der Waals surface area contributed by atoms with Crippen molar-refractivity contribution in [1.29, 1.82) is 0 Å². The summed E-state index contributed by atoms with van der Waals surface area (Å²) in [6.45, 7) is 0. The van der Waals surface area contributed by atoms with E-state index in [2.05, 4.69) is 0 Å². The van der Waals surface area contributed by atoms with Crippen LogP contribution in [0, 0.1) is 0 Å². The van der Waals surface area contributed by atoms with Gasteiger partial charge in [0.2, 0.25) is 0 Å². The quantitative estimate of drug-likeness (QED) is 0.799. The van der Waals surface area contributed by atoms with Crippen LogP contribution >= 0.6 is 0 Å². The maximum Gasteiger partial charge on any atom is 0.335 e. The Labute approximate surface area is 107 Å².